The van der Waals surface area contributed by atoms with Crippen LogP contribution >= 0.6 is 0 Å². The zero-order chi connectivity index (χ0) is 17.4. The number of benzene rings is 1. The third kappa shape index (κ3) is 3.90. The Morgan fingerprint density at radius 3 is 2.64 bits per heavy atom. The number of nitrogens with zero attached hydrogens (tertiary/aromatic N) is 3. The summed E-state index contributed by atoms with van der Waals surface area (Å²) >= 11 is 0. The van der Waals surface area contributed by atoms with E-state index in [1.807, 2.05) is 4.57 Å². The van der Waals surface area contributed by atoms with E-state index in [0.29, 0.717) is 31.1 Å². The molecule has 0 amide bonds. The molecule has 1 aliphatic heterocycles. The second kappa shape index (κ2) is 6.49. The van der Waals surface area contributed by atoms with Crippen molar-refractivity contribution in [2.24, 2.45) is 5.92 Å². The summed E-state index contributed by atoms with van der Waals surface area (Å²) in [5.41, 5.74) is 0.775. The number of hydrogen-bond donors (Lipinski definition) is 1. The smallest absolute Gasteiger partial charge is 0.211 e. The van der Waals surface area contributed by atoms with Crippen LogP contribution in [0.4, 0.5) is 4.39 Å². The molecule has 0 saturated heterocycles. The number of sulfonamides is 1. The van der Waals surface area contributed by atoms with Crippen LogP contribution < -0.4 is 4.72 Å². The second-order valence-electron chi connectivity index (χ2n) is 6.96. The first-order valence-electron chi connectivity index (χ1n) is 8.68. The fraction of sp³-hybridized carbons (Fsp3) is 0.529. The topological polar surface area (TPSA) is 76.9 Å². The third-order valence-electron chi connectivity index (χ3n) is 4.89. The predicted molar refractivity (Wildman–Crippen MR) is 91.8 cm³/mol. The molecule has 1 fully saturated rings. The first-order chi connectivity index (χ1) is 12.0. The Bertz CT molecular complexity index is 859. The first kappa shape index (κ1) is 16.7. The van der Waals surface area contributed by atoms with Gasteiger partial charge in [-0.2, -0.15) is 0 Å². The zero-order valence-electron chi connectivity index (χ0n) is 13.9. The van der Waals surface area contributed by atoms with Gasteiger partial charge in [0.25, 0.3) is 0 Å². The van der Waals surface area contributed by atoms with Crippen molar-refractivity contribution in [1.82, 2.24) is 19.5 Å². The maximum Gasteiger partial charge on any atom is 0.211 e. The lowest BCUT2D eigenvalue weighted by Gasteiger charge is -2.25. The Morgan fingerprint density at radius 2 is 1.92 bits per heavy atom. The van der Waals surface area contributed by atoms with E-state index in [1.54, 1.807) is 12.1 Å². The Kier molecular flexibility index (Phi) is 4.33. The fourth-order valence-corrected chi connectivity index (χ4v) is 4.74. The number of rotatable bonds is 6. The van der Waals surface area contributed by atoms with Crippen LogP contribution in [0.5, 0.6) is 0 Å². The molecule has 1 atom stereocenters. The van der Waals surface area contributed by atoms with Crippen molar-refractivity contribution in [2.45, 2.75) is 44.7 Å². The van der Waals surface area contributed by atoms with Crippen molar-refractivity contribution in [3.8, 4) is 11.4 Å². The van der Waals surface area contributed by atoms with Crippen molar-refractivity contribution < 1.29 is 12.8 Å². The van der Waals surface area contributed by atoms with E-state index < -0.39 is 10.0 Å². The zero-order valence-corrected chi connectivity index (χ0v) is 14.7. The molecule has 2 aromatic rings. The summed E-state index contributed by atoms with van der Waals surface area (Å²) in [4.78, 5) is 0. The third-order valence-corrected chi connectivity index (χ3v) is 6.35. The van der Waals surface area contributed by atoms with E-state index in [2.05, 4.69) is 14.9 Å². The minimum absolute atomic E-state index is 0.160. The normalized spacial score (nSPS) is 20.4. The number of hydrogen-bond acceptors (Lipinski definition) is 4. The molecule has 0 spiro atoms. The molecule has 6 nitrogen and oxygen atoms in total. The van der Waals surface area contributed by atoms with Gasteiger partial charge in [-0.05, 0) is 43.0 Å². The molecule has 0 radical (unpaired) electrons. The minimum atomic E-state index is -3.26. The molecule has 0 bridgehead atoms. The molecule has 0 unspecified atom stereocenters. The summed E-state index contributed by atoms with van der Waals surface area (Å²) < 4.78 is 42.5. The van der Waals surface area contributed by atoms with Crippen LogP contribution in [0.25, 0.3) is 11.4 Å². The van der Waals surface area contributed by atoms with Gasteiger partial charge in [-0.15, -0.1) is 10.2 Å². The summed E-state index contributed by atoms with van der Waals surface area (Å²) in [6, 6.07) is 5.94. The van der Waals surface area contributed by atoms with Gasteiger partial charge < -0.3 is 4.57 Å². The highest BCUT2D eigenvalue weighted by molar-refractivity contribution is 7.89. The molecule has 1 saturated carbocycles. The highest BCUT2D eigenvalue weighted by Crippen LogP contribution is 2.32. The van der Waals surface area contributed by atoms with E-state index >= 15 is 0 Å². The number of aromatic nitrogens is 3. The number of nitrogens with one attached hydrogen (secondary N) is 1. The molecule has 1 aromatic carbocycles. The lowest BCUT2D eigenvalue weighted by molar-refractivity contribution is 0.422. The van der Waals surface area contributed by atoms with Gasteiger partial charge in [-0.1, -0.05) is 12.8 Å². The highest BCUT2D eigenvalue weighted by Gasteiger charge is 2.28. The standard InChI is InChI=1S/C17H21FN4O2S/c18-14-5-3-13(4-6-14)17-20-19-16-8-7-15(11-22(16)17)21-25(23,24)10-9-12-1-2-12/h3-6,12,15,21H,1-2,7-11H2/t15-/m1/s1. The summed E-state index contributed by atoms with van der Waals surface area (Å²) in [7, 11) is -3.26. The first-order valence-corrected chi connectivity index (χ1v) is 10.3. The van der Waals surface area contributed by atoms with Crippen molar-refractivity contribution in [1.29, 1.82) is 0 Å². The SMILES string of the molecule is O=S(=O)(CCC1CC1)N[C@@H]1CCc2nnc(-c3ccc(F)cc3)n2C1. The van der Waals surface area contributed by atoms with Gasteiger partial charge in [0.05, 0.1) is 5.75 Å². The summed E-state index contributed by atoms with van der Waals surface area (Å²) in [5.74, 6) is 1.99. The maximum atomic E-state index is 13.1. The Hall–Kier alpha value is -1.80. The van der Waals surface area contributed by atoms with Crippen LogP contribution in [0.2, 0.25) is 0 Å². The van der Waals surface area contributed by atoms with Gasteiger partial charge in [0.15, 0.2) is 5.82 Å². The van der Waals surface area contributed by atoms with Crippen LogP contribution in [0.15, 0.2) is 24.3 Å². The predicted octanol–water partition coefficient (Wildman–Crippen LogP) is 2.12. The number of fused-ring (bicyclic) bond motifs is 1. The van der Waals surface area contributed by atoms with Gasteiger partial charge in [0.1, 0.15) is 11.6 Å². The van der Waals surface area contributed by atoms with Crippen molar-refractivity contribution in [3.63, 3.8) is 0 Å². The Labute approximate surface area is 146 Å². The van der Waals surface area contributed by atoms with Gasteiger partial charge in [-0.25, -0.2) is 17.5 Å². The van der Waals surface area contributed by atoms with Gasteiger partial charge in [0.2, 0.25) is 10.0 Å². The summed E-state index contributed by atoms with van der Waals surface area (Å²) in [5, 5.41) is 8.41. The van der Waals surface area contributed by atoms with Crippen LogP contribution in [0.3, 0.4) is 0 Å². The van der Waals surface area contributed by atoms with E-state index in [9.17, 15) is 12.8 Å². The average Bonchev–Trinajstić information content (AvgIpc) is 3.33. The molecule has 1 aromatic heterocycles. The fourth-order valence-electron chi connectivity index (χ4n) is 3.28. The monoisotopic (exact) mass is 364 g/mol. The van der Waals surface area contributed by atoms with Gasteiger partial charge in [0, 0.05) is 24.6 Å². The van der Waals surface area contributed by atoms with E-state index in [0.717, 1.165) is 30.7 Å². The van der Waals surface area contributed by atoms with Crippen LogP contribution in [0.1, 0.15) is 31.5 Å². The highest BCUT2D eigenvalue weighted by atomic mass is 32.2. The average molecular weight is 364 g/mol. The molecule has 8 heteroatoms. The van der Waals surface area contributed by atoms with E-state index in [-0.39, 0.29) is 17.6 Å². The van der Waals surface area contributed by atoms with Crippen LogP contribution in [-0.2, 0) is 23.0 Å². The lowest BCUT2D eigenvalue weighted by Crippen LogP contribution is -2.42. The van der Waals surface area contributed by atoms with Gasteiger partial charge >= 0.3 is 0 Å². The van der Waals surface area contributed by atoms with Crippen molar-refractivity contribution in [2.75, 3.05) is 5.75 Å². The van der Waals surface area contributed by atoms with E-state index in [1.165, 1.54) is 12.1 Å². The van der Waals surface area contributed by atoms with Crippen LogP contribution in [0, 0.1) is 11.7 Å². The molecule has 4 rings (SSSR count). The van der Waals surface area contributed by atoms with Crippen molar-refractivity contribution >= 4 is 10.0 Å². The number of halogens is 1. The molecular weight excluding hydrogens is 343 g/mol. The van der Waals surface area contributed by atoms with Gasteiger partial charge in [-0.3, -0.25) is 0 Å². The lowest BCUT2D eigenvalue weighted by atomic mass is 10.1. The molecule has 1 aliphatic carbocycles. The van der Waals surface area contributed by atoms with E-state index in [4.69, 9.17) is 0 Å². The molecule has 2 heterocycles. The summed E-state index contributed by atoms with van der Waals surface area (Å²) in [6.07, 6.45) is 4.45. The molecular formula is C17H21FN4O2S. The molecule has 2 aliphatic rings. The Morgan fingerprint density at radius 1 is 1.16 bits per heavy atom. The molecule has 25 heavy (non-hydrogen) atoms. The second-order valence-corrected chi connectivity index (χ2v) is 8.84. The Balaban J connectivity index is 1.48. The minimum Gasteiger partial charge on any atom is -0.309 e. The quantitative estimate of drug-likeness (QED) is 0.852. The van der Waals surface area contributed by atoms with Crippen molar-refractivity contribution in [3.05, 3.63) is 35.9 Å². The molecule has 134 valence electrons. The number of aryl methyl sites for hydroxylation is 1. The van der Waals surface area contributed by atoms with Crippen LogP contribution in [-0.4, -0.2) is 35.0 Å². The largest absolute Gasteiger partial charge is 0.309 e. The maximum absolute atomic E-state index is 13.1. The summed E-state index contributed by atoms with van der Waals surface area (Å²) in [6.45, 7) is 0.498. The molecule has 1 N–H and O–H groups in total.